The minimum atomic E-state index is 0.323. The van der Waals surface area contributed by atoms with E-state index in [0.717, 1.165) is 10.3 Å². The number of anilines is 1. The van der Waals surface area contributed by atoms with Crippen LogP contribution < -0.4 is 5.32 Å². The molecule has 0 saturated carbocycles. The normalized spacial score (nSPS) is 12.7. The lowest BCUT2D eigenvalue weighted by molar-refractivity contribution is 0.552. The van der Waals surface area contributed by atoms with Gasteiger partial charge in [-0.3, -0.25) is 0 Å². The molecular formula is C13H15BrN2S. The topological polar surface area (TPSA) is 24.9 Å². The van der Waals surface area contributed by atoms with E-state index in [0.29, 0.717) is 12.0 Å². The summed E-state index contributed by atoms with van der Waals surface area (Å²) in [6.45, 7) is 4.44. The van der Waals surface area contributed by atoms with Gasteiger partial charge in [-0.1, -0.05) is 19.9 Å². The van der Waals surface area contributed by atoms with E-state index in [1.165, 1.54) is 4.88 Å². The van der Waals surface area contributed by atoms with Crippen molar-refractivity contribution in [1.29, 1.82) is 0 Å². The molecule has 0 saturated heterocycles. The van der Waals surface area contributed by atoms with Crippen LogP contribution in [0.15, 0.2) is 40.3 Å². The molecule has 0 fully saturated rings. The molecule has 0 bridgehead atoms. The standard InChI is InChI=1S/C13H15BrN2S/c1-9(2)13(11-4-3-7-17-11)16-12-6-5-10(14)8-15-12/h3-9,13H,1-2H3,(H,15,16). The average Bonchev–Trinajstić information content (AvgIpc) is 2.81. The molecule has 2 aromatic rings. The Bertz CT molecular complexity index is 451. The second-order valence-electron chi connectivity index (χ2n) is 4.24. The molecule has 0 amide bonds. The molecule has 0 aliphatic heterocycles. The van der Waals surface area contributed by atoms with Crippen molar-refractivity contribution in [3.8, 4) is 0 Å². The first kappa shape index (κ1) is 12.6. The van der Waals surface area contributed by atoms with Crippen LogP contribution in [0.2, 0.25) is 0 Å². The fourth-order valence-electron chi connectivity index (χ4n) is 1.66. The fourth-order valence-corrected chi connectivity index (χ4v) is 2.84. The summed E-state index contributed by atoms with van der Waals surface area (Å²) in [5.41, 5.74) is 0. The molecule has 1 N–H and O–H groups in total. The molecule has 4 heteroatoms. The van der Waals surface area contributed by atoms with Crippen molar-refractivity contribution < 1.29 is 0 Å². The van der Waals surface area contributed by atoms with Crippen LogP contribution in [0, 0.1) is 5.92 Å². The molecule has 1 atom stereocenters. The molecule has 17 heavy (non-hydrogen) atoms. The lowest BCUT2D eigenvalue weighted by Crippen LogP contribution is -2.16. The Morgan fingerprint density at radius 1 is 1.29 bits per heavy atom. The highest BCUT2D eigenvalue weighted by molar-refractivity contribution is 9.10. The second-order valence-corrected chi connectivity index (χ2v) is 6.14. The maximum Gasteiger partial charge on any atom is 0.126 e. The predicted octanol–water partition coefficient (Wildman–Crippen LogP) is 4.71. The van der Waals surface area contributed by atoms with Crippen molar-refractivity contribution in [2.24, 2.45) is 5.92 Å². The molecule has 2 nitrogen and oxygen atoms in total. The van der Waals surface area contributed by atoms with Crippen LogP contribution in [-0.4, -0.2) is 4.98 Å². The van der Waals surface area contributed by atoms with Gasteiger partial charge in [0.05, 0.1) is 6.04 Å². The van der Waals surface area contributed by atoms with Crippen molar-refractivity contribution in [3.05, 3.63) is 45.2 Å². The van der Waals surface area contributed by atoms with Gasteiger partial charge in [-0.25, -0.2) is 4.98 Å². The molecule has 0 aromatic carbocycles. The highest BCUT2D eigenvalue weighted by atomic mass is 79.9. The van der Waals surface area contributed by atoms with E-state index in [1.54, 1.807) is 11.3 Å². The van der Waals surface area contributed by atoms with Crippen LogP contribution in [-0.2, 0) is 0 Å². The highest BCUT2D eigenvalue weighted by Crippen LogP contribution is 2.29. The van der Waals surface area contributed by atoms with Crippen molar-refractivity contribution in [1.82, 2.24) is 4.98 Å². The van der Waals surface area contributed by atoms with Crippen LogP contribution in [0.5, 0.6) is 0 Å². The Morgan fingerprint density at radius 2 is 2.12 bits per heavy atom. The predicted molar refractivity (Wildman–Crippen MR) is 77.5 cm³/mol. The number of nitrogens with one attached hydrogen (secondary N) is 1. The number of nitrogens with zero attached hydrogens (tertiary/aromatic N) is 1. The maximum absolute atomic E-state index is 4.36. The number of thiophene rings is 1. The summed E-state index contributed by atoms with van der Waals surface area (Å²) in [5, 5.41) is 5.60. The fraction of sp³-hybridized carbons (Fsp3) is 0.308. The van der Waals surface area contributed by atoms with Crippen LogP contribution >= 0.6 is 27.3 Å². The van der Waals surface area contributed by atoms with E-state index >= 15 is 0 Å². The summed E-state index contributed by atoms with van der Waals surface area (Å²) in [7, 11) is 0. The van der Waals surface area contributed by atoms with Gasteiger partial charge < -0.3 is 5.32 Å². The van der Waals surface area contributed by atoms with Gasteiger partial charge in [0.2, 0.25) is 0 Å². The van der Waals surface area contributed by atoms with Gasteiger partial charge in [-0.2, -0.15) is 0 Å². The lowest BCUT2D eigenvalue weighted by Gasteiger charge is -2.21. The summed E-state index contributed by atoms with van der Waals surface area (Å²) in [5.74, 6) is 1.44. The zero-order chi connectivity index (χ0) is 12.3. The smallest absolute Gasteiger partial charge is 0.126 e. The van der Waals surface area contributed by atoms with E-state index in [4.69, 9.17) is 0 Å². The van der Waals surface area contributed by atoms with E-state index in [1.807, 2.05) is 18.3 Å². The monoisotopic (exact) mass is 310 g/mol. The molecule has 2 heterocycles. The van der Waals surface area contributed by atoms with Crippen molar-refractivity contribution in [3.63, 3.8) is 0 Å². The molecule has 90 valence electrons. The summed E-state index contributed by atoms with van der Waals surface area (Å²) in [4.78, 5) is 5.71. The Kier molecular flexibility index (Phi) is 4.18. The molecule has 0 radical (unpaired) electrons. The lowest BCUT2D eigenvalue weighted by atomic mass is 10.0. The summed E-state index contributed by atoms with van der Waals surface area (Å²) in [6.07, 6.45) is 1.81. The number of hydrogen-bond donors (Lipinski definition) is 1. The number of pyridine rings is 1. The highest BCUT2D eigenvalue weighted by Gasteiger charge is 2.16. The second kappa shape index (κ2) is 5.65. The van der Waals surface area contributed by atoms with E-state index in [-0.39, 0.29) is 0 Å². The van der Waals surface area contributed by atoms with E-state index in [9.17, 15) is 0 Å². The van der Waals surface area contributed by atoms with E-state index in [2.05, 4.69) is 57.6 Å². The number of rotatable bonds is 4. The quantitative estimate of drug-likeness (QED) is 0.884. The largest absolute Gasteiger partial charge is 0.362 e. The van der Waals surface area contributed by atoms with Crippen LogP contribution in [0.4, 0.5) is 5.82 Å². The van der Waals surface area contributed by atoms with Crippen molar-refractivity contribution in [2.75, 3.05) is 5.32 Å². The Labute approximate surface area is 114 Å². The van der Waals surface area contributed by atoms with Gasteiger partial charge in [-0.05, 0) is 45.4 Å². The first-order valence-electron chi connectivity index (χ1n) is 5.58. The van der Waals surface area contributed by atoms with Gasteiger partial charge in [0, 0.05) is 15.5 Å². The molecule has 0 spiro atoms. The summed E-state index contributed by atoms with van der Waals surface area (Å²) >= 11 is 5.17. The third kappa shape index (κ3) is 3.30. The van der Waals surface area contributed by atoms with Crippen LogP contribution in [0.3, 0.4) is 0 Å². The van der Waals surface area contributed by atoms with Gasteiger partial charge in [0.15, 0.2) is 0 Å². The average molecular weight is 311 g/mol. The number of aromatic nitrogens is 1. The third-order valence-electron chi connectivity index (χ3n) is 2.55. The van der Waals surface area contributed by atoms with Crippen molar-refractivity contribution in [2.45, 2.75) is 19.9 Å². The van der Waals surface area contributed by atoms with Gasteiger partial charge in [-0.15, -0.1) is 11.3 Å². The molecule has 2 rings (SSSR count). The van der Waals surface area contributed by atoms with E-state index < -0.39 is 0 Å². The molecule has 0 aliphatic rings. The first-order valence-corrected chi connectivity index (χ1v) is 7.25. The molecule has 0 aliphatic carbocycles. The van der Waals surface area contributed by atoms with Gasteiger partial charge >= 0.3 is 0 Å². The Hall–Kier alpha value is -0.870. The number of halogens is 1. The third-order valence-corrected chi connectivity index (χ3v) is 3.97. The minimum absolute atomic E-state index is 0.323. The molecular weight excluding hydrogens is 296 g/mol. The van der Waals surface area contributed by atoms with Crippen molar-refractivity contribution >= 4 is 33.1 Å². The molecule has 1 unspecified atom stereocenters. The van der Waals surface area contributed by atoms with Gasteiger partial charge in [0.25, 0.3) is 0 Å². The summed E-state index contributed by atoms with van der Waals surface area (Å²) in [6, 6.07) is 8.57. The van der Waals surface area contributed by atoms with Gasteiger partial charge in [0.1, 0.15) is 5.82 Å². The van der Waals surface area contributed by atoms with Crippen LogP contribution in [0.1, 0.15) is 24.8 Å². The minimum Gasteiger partial charge on any atom is -0.362 e. The Balaban J connectivity index is 2.16. The number of hydrogen-bond acceptors (Lipinski definition) is 3. The zero-order valence-electron chi connectivity index (χ0n) is 9.85. The molecule has 2 aromatic heterocycles. The SMILES string of the molecule is CC(C)C(Nc1ccc(Br)cn1)c1cccs1. The summed E-state index contributed by atoms with van der Waals surface area (Å²) < 4.78 is 1.00. The first-order chi connectivity index (χ1) is 8.16. The zero-order valence-corrected chi connectivity index (χ0v) is 12.3. The Morgan fingerprint density at radius 3 is 2.65 bits per heavy atom. The maximum atomic E-state index is 4.36. The van der Waals surface area contributed by atoms with Crippen LogP contribution in [0.25, 0.3) is 0 Å².